The van der Waals surface area contributed by atoms with Crippen LogP contribution in [0.2, 0.25) is 0 Å². The van der Waals surface area contributed by atoms with Gasteiger partial charge in [0.05, 0.1) is 0 Å². The highest BCUT2D eigenvalue weighted by atomic mass is 16.5. The van der Waals surface area contributed by atoms with Crippen molar-refractivity contribution in [3.8, 4) is 22.6 Å². The third-order valence-corrected chi connectivity index (χ3v) is 4.80. The first-order valence-electron chi connectivity index (χ1n) is 9.99. The average molecular weight is 415 g/mol. The molecule has 0 aromatic heterocycles. The highest BCUT2D eigenvalue weighted by Crippen LogP contribution is 2.39. The van der Waals surface area contributed by atoms with Crippen LogP contribution in [-0.4, -0.2) is 92.5 Å². The van der Waals surface area contributed by atoms with Gasteiger partial charge in [0.25, 0.3) is 0 Å². The fraction of sp³-hybridized carbons (Fsp3) is 0.435. The summed E-state index contributed by atoms with van der Waals surface area (Å²) in [5.74, 6) is 1.02. The van der Waals surface area contributed by atoms with Crippen molar-refractivity contribution in [3.63, 3.8) is 0 Å². The van der Waals surface area contributed by atoms with Crippen molar-refractivity contribution in [2.24, 2.45) is 0 Å². The number of ketones is 1. The minimum absolute atomic E-state index is 0.0846. The number of hydrogen-bond acceptors (Lipinski definition) is 7. The predicted molar refractivity (Wildman–Crippen MR) is 115 cm³/mol. The van der Waals surface area contributed by atoms with Gasteiger partial charge in [-0.05, 0) is 75.7 Å². The van der Waals surface area contributed by atoms with Gasteiger partial charge in [0.1, 0.15) is 36.9 Å². The van der Waals surface area contributed by atoms with Gasteiger partial charge in [-0.1, -0.05) is 0 Å². The molecule has 1 aliphatic rings. The number of likely N-dealkylation sites (N-methyl/N-ethyl adjacent to an activating group) is 2. The molecular weight excluding hydrogens is 384 g/mol. The second kappa shape index (κ2) is 9.57. The lowest BCUT2D eigenvalue weighted by Crippen LogP contribution is -2.30. The molecule has 2 N–H and O–H groups in total. The zero-order chi connectivity index (χ0) is 21.8. The van der Waals surface area contributed by atoms with Crippen molar-refractivity contribution >= 4 is 5.78 Å². The first-order valence-corrected chi connectivity index (χ1v) is 9.99. The monoisotopic (exact) mass is 414 g/mol. The van der Waals surface area contributed by atoms with Crippen molar-refractivity contribution in [2.45, 2.75) is 12.2 Å². The van der Waals surface area contributed by atoms with Crippen LogP contribution in [0.25, 0.3) is 11.1 Å². The maximum Gasteiger partial charge on any atom is 0.194 e. The van der Waals surface area contributed by atoms with Gasteiger partial charge < -0.3 is 29.5 Å². The van der Waals surface area contributed by atoms with Gasteiger partial charge >= 0.3 is 0 Å². The van der Waals surface area contributed by atoms with Crippen LogP contribution in [-0.2, 0) is 0 Å². The van der Waals surface area contributed by atoms with Gasteiger partial charge in [0, 0.05) is 24.2 Å². The van der Waals surface area contributed by atoms with E-state index in [2.05, 4.69) is 0 Å². The van der Waals surface area contributed by atoms with Gasteiger partial charge in [0.2, 0.25) is 0 Å². The molecule has 2 aromatic rings. The van der Waals surface area contributed by atoms with Crippen LogP contribution in [0.4, 0.5) is 0 Å². The molecule has 2 atom stereocenters. The third-order valence-electron chi connectivity index (χ3n) is 4.80. The van der Waals surface area contributed by atoms with E-state index < -0.39 is 12.2 Å². The largest absolute Gasteiger partial charge is 0.491 e. The van der Waals surface area contributed by atoms with Crippen LogP contribution in [0.1, 0.15) is 15.9 Å². The third kappa shape index (κ3) is 5.37. The van der Waals surface area contributed by atoms with Crippen LogP contribution in [0, 0.1) is 0 Å². The first-order chi connectivity index (χ1) is 14.2. The summed E-state index contributed by atoms with van der Waals surface area (Å²) in [6.07, 6.45) is -1.22. The van der Waals surface area contributed by atoms with Gasteiger partial charge in [-0.25, -0.2) is 0 Å². The van der Waals surface area contributed by atoms with Crippen LogP contribution >= 0.6 is 0 Å². The number of aliphatic hydroxyl groups is 2. The minimum Gasteiger partial charge on any atom is -0.491 e. The molecule has 3 rings (SSSR count). The predicted octanol–water partition coefficient (Wildman–Crippen LogP) is 1.50. The Balaban J connectivity index is 1.68. The van der Waals surface area contributed by atoms with Gasteiger partial charge in [-0.3, -0.25) is 4.79 Å². The fourth-order valence-electron chi connectivity index (χ4n) is 3.55. The maximum absolute atomic E-state index is 12.9. The average Bonchev–Trinajstić information content (AvgIpc) is 2.95. The Labute approximate surface area is 177 Å². The normalized spacial score (nSPS) is 14.6. The molecule has 2 unspecified atom stereocenters. The number of carbonyl (C=O) groups is 1. The quantitative estimate of drug-likeness (QED) is 0.520. The summed E-state index contributed by atoms with van der Waals surface area (Å²) in [6.45, 7) is 1.32. The Morgan fingerprint density at radius 1 is 0.733 bits per heavy atom. The van der Waals surface area contributed by atoms with E-state index in [4.69, 9.17) is 9.47 Å². The topological polar surface area (TPSA) is 82.5 Å². The molecule has 0 heterocycles. The summed E-state index contributed by atoms with van der Waals surface area (Å²) in [6, 6.07) is 10.8. The van der Waals surface area contributed by atoms with Crippen molar-refractivity contribution in [1.29, 1.82) is 0 Å². The molecule has 0 spiro atoms. The maximum atomic E-state index is 12.9. The Hall–Kier alpha value is -2.45. The molecular formula is C23H30N2O5. The lowest BCUT2D eigenvalue weighted by atomic mass is 10.1. The zero-order valence-corrected chi connectivity index (χ0v) is 18.0. The molecule has 0 aliphatic heterocycles. The molecule has 0 amide bonds. The SMILES string of the molecule is CN(C)CC(O)COc1ccc2c(c1)C(=O)c1cc(OCC(O)CN(C)C)ccc1-2. The van der Waals surface area contributed by atoms with E-state index in [0.717, 1.165) is 11.1 Å². The summed E-state index contributed by atoms with van der Waals surface area (Å²) in [7, 11) is 7.54. The van der Waals surface area contributed by atoms with Crippen LogP contribution in [0.15, 0.2) is 36.4 Å². The Morgan fingerprint density at radius 3 is 1.50 bits per heavy atom. The molecule has 0 radical (unpaired) electrons. The number of rotatable bonds is 10. The molecule has 2 aromatic carbocycles. The number of fused-ring (bicyclic) bond motifs is 3. The lowest BCUT2D eigenvalue weighted by molar-refractivity contribution is 0.0830. The number of hydrogen-bond donors (Lipinski definition) is 2. The molecule has 0 saturated heterocycles. The van der Waals surface area contributed by atoms with Crippen molar-refractivity contribution in [1.82, 2.24) is 9.80 Å². The molecule has 7 heteroatoms. The smallest absolute Gasteiger partial charge is 0.194 e. The molecule has 0 fully saturated rings. The van der Waals surface area contributed by atoms with E-state index in [1.54, 1.807) is 12.1 Å². The van der Waals surface area contributed by atoms with E-state index >= 15 is 0 Å². The zero-order valence-electron chi connectivity index (χ0n) is 18.0. The standard InChI is InChI=1S/C23H30N2O5/c1-24(2)11-15(26)13-29-17-5-7-19-20-8-6-18(30-14-16(27)12-25(3)4)10-22(20)23(28)21(19)9-17/h5-10,15-16,26-27H,11-14H2,1-4H3. The lowest BCUT2D eigenvalue weighted by Gasteiger charge is -2.16. The van der Waals surface area contributed by atoms with Crippen molar-refractivity contribution in [3.05, 3.63) is 47.5 Å². The summed E-state index contributed by atoms with van der Waals surface area (Å²) in [5.41, 5.74) is 2.87. The molecule has 162 valence electrons. The number of carbonyl (C=O) groups excluding carboxylic acids is 1. The van der Waals surface area contributed by atoms with E-state index in [-0.39, 0.29) is 19.0 Å². The van der Waals surface area contributed by atoms with Crippen LogP contribution in [0.5, 0.6) is 11.5 Å². The number of benzene rings is 2. The highest BCUT2D eigenvalue weighted by molar-refractivity contribution is 6.22. The molecule has 30 heavy (non-hydrogen) atoms. The van der Waals surface area contributed by atoms with Gasteiger partial charge in [-0.15, -0.1) is 0 Å². The van der Waals surface area contributed by atoms with E-state index in [1.807, 2.05) is 62.3 Å². The van der Waals surface area contributed by atoms with Gasteiger partial charge in [-0.2, -0.15) is 0 Å². The number of aliphatic hydroxyl groups excluding tert-OH is 2. The second-order valence-corrected chi connectivity index (χ2v) is 8.20. The highest BCUT2D eigenvalue weighted by Gasteiger charge is 2.28. The van der Waals surface area contributed by atoms with Crippen molar-refractivity contribution in [2.75, 3.05) is 54.5 Å². The fourth-order valence-corrected chi connectivity index (χ4v) is 3.55. The summed E-state index contributed by atoms with van der Waals surface area (Å²) in [4.78, 5) is 16.7. The summed E-state index contributed by atoms with van der Waals surface area (Å²) in [5, 5.41) is 19.9. The van der Waals surface area contributed by atoms with Gasteiger partial charge in [0.15, 0.2) is 5.78 Å². The summed E-state index contributed by atoms with van der Waals surface area (Å²) < 4.78 is 11.4. The van der Waals surface area contributed by atoms with E-state index in [9.17, 15) is 15.0 Å². The molecule has 0 bridgehead atoms. The molecule has 1 aliphatic carbocycles. The minimum atomic E-state index is -0.608. The number of nitrogens with zero attached hydrogens (tertiary/aromatic N) is 2. The second-order valence-electron chi connectivity index (χ2n) is 8.20. The Kier molecular flexibility index (Phi) is 7.10. The van der Waals surface area contributed by atoms with E-state index in [0.29, 0.717) is 35.7 Å². The Morgan fingerprint density at radius 2 is 1.13 bits per heavy atom. The Bertz CT molecular complexity index is 826. The molecule has 0 saturated carbocycles. The number of ether oxygens (including phenoxy) is 2. The van der Waals surface area contributed by atoms with Crippen LogP contribution < -0.4 is 9.47 Å². The van der Waals surface area contributed by atoms with E-state index in [1.165, 1.54) is 0 Å². The molecule has 7 nitrogen and oxygen atoms in total. The summed E-state index contributed by atoms with van der Waals surface area (Å²) >= 11 is 0. The van der Waals surface area contributed by atoms with Crippen molar-refractivity contribution < 1.29 is 24.5 Å². The van der Waals surface area contributed by atoms with Crippen LogP contribution in [0.3, 0.4) is 0 Å². The first kappa shape index (κ1) is 22.2.